The van der Waals surface area contributed by atoms with E-state index in [1.165, 1.54) is 37.4 Å². The third kappa shape index (κ3) is 1.97. The molecule has 0 amide bonds. The number of para-hydroxylation sites is 1. The molecule has 0 unspecified atom stereocenters. The van der Waals surface area contributed by atoms with Gasteiger partial charge in [0.25, 0.3) is 0 Å². The minimum absolute atomic E-state index is 1.06. The van der Waals surface area contributed by atoms with Crippen molar-refractivity contribution in [2.75, 3.05) is 0 Å². The Bertz CT molecular complexity index is 1220. The number of aryl methyl sites for hydroxylation is 1. The Hall–Kier alpha value is -2.71. The van der Waals surface area contributed by atoms with Crippen LogP contribution in [0.3, 0.4) is 0 Å². The van der Waals surface area contributed by atoms with Crippen molar-refractivity contribution in [3.8, 4) is 11.3 Å². The Balaban J connectivity index is 1.91. The van der Waals surface area contributed by atoms with E-state index in [2.05, 4.69) is 79.0 Å². The fourth-order valence-corrected chi connectivity index (χ4v) is 4.39. The summed E-state index contributed by atoms with van der Waals surface area (Å²) in [6.45, 7) is 2.18. The summed E-state index contributed by atoms with van der Waals surface area (Å²) >= 11 is 1.80. The summed E-state index contributed by atoms with van der Waals surface area (Å²) in [5, 5.41) is 7.19. The highest BCUT2D eigenvalue weighted by Gasteiger charge is 2.13. The highest BCUT2D eigenvalue weighted by atomic mass is 32.1. The highest BCUT2D eigenvalue weighted by Crippen LogP contribution is 2.37. The normalized spacial score (nSPS) is 11.5. The van der Waals surface area contributed by atoms with Gasteiger partial charge >= 0.3 is 0 Å². The van der Waals surface area contributed by atoms with Crippen LogP contribution in [0.1, 0.15) is 5.56 Å². The molecule has 114 valence electrons. The largest absolute Gasteiger partial charge is 0.247 e. The van der Waals surface area contributed by atoms with E-state index in [0.29, 0.717) is 0 Å². The number of rotatable bonds is 1. The fraction of sp³-hybridized carbons (Fsp3) is 0.0455. The van der Waals surface area contributed by atoms with Gasteiger partial charge in [0.2, 0.25) is 0 Å². The van der Waals surface area contributed by atoms with Crippen LogP contribution in [0.4, 0.5) is 0 Å². The van der Waals surface area contributed by atoms with Gasteiger partial charge in [-0.05, 0) is 46.8 Å². The predicted octanol–water partition coefficient (Wildman–Crippen LogP) is 6.58. The second kappa shape index (κ2) is 5.15. The lowest BCUT2D eigenvalue weighted by Crippen LogP contribution is -1.90. The molecule has 0 fully saturated rings. The highest BCUT2D eigenvalue weighted by molar-refractivity contribution is 7.18. The first-order valence-electron chi connectivity index (χ1n) is 8.07. The Morgan fingerprint density at radius 1 is 0.792 bits per heavy atom. The molecule has 2 heteroatoms. The number of hydrogen-bond acceptors (Lipinski definition) is 2. The van der Waals surface area contributed by atoms with Gasteiger partial charge in [-0.1, -0.05) is 48.5 Å². The molecule has 2 aromatic heterocycles. The number of nitrogens with zero attached hydrogens (tertiary/aromatic N) is 1. The first-order chi connectivity index (χ1) is 11.8. The van der Waals surface area contributed by atoms with E-state index in [1.807, 2.05) is 0 Å². The summed E-state index contributed by atoms with van der Waals surface area (Å²) in [5.74, 6) is 0. The van der Waals surface area contributed by atoms with E-state index in [-0.39, 0.29) is 0 Å². The van der Waals surface area contributed by atoms with Crippen LogP contribution >= 0.6 is 11.3 Å². The topological polar surface area (TPSA) is 12.9 Å². The zero-order valence-electron chi connectivity index (χ0n) is 13.3. The molecule has 0 aliphatic carbocycles. The summed E-state index contributed by atoms with van der Waals surface area (Å²) in [4.78, 5) is 5.02. The summed E-state index contributed by atoms with van der Waals surface area (Å²) in [5.41, 5.74) is 4.65. The van der Waals surface area contributed by atoms with Crippen molar-refractivity contribution in [3.63, 3.8) is 0 Å². The Morgan fingerprint density at radius 3 is 2.42 bits per heavy atom. The van der Waals surface area contributed by atoms with Gasteiger partial charge in [0.1, 0.15) is 0 Å². The van der Waals surface area contributed by atoms with Crippen LogP contribution in [0.25, 0.3) is 43.0 Å². The SMILES string of the molecule is Cc1cc2ccccc2cc1-c1nc2ccccc2c2sccc12. The number of aromatic nitrogens is 1. The van der Waals surface area contributed by atoms with Crippen molar-refractivity contribution >= 4 is 43.1 Å². The third-order valence-corrected chi connectivity index (χ3v) is 5.60. The van der Waals surface area contributed by atoms with Crippen molar-refractivity contribution in [1.29, 1.82) is 0 Å². The van der Waals surface area contributed by atoms with E-state index in [9.17, 15) is 0 Å². The van der Waals surface area contributed by atoms with Gasteiger partial charge in [-0.3, -0.25) is 0 Å². The average molecular weight is 325 g/mol. The average Bonchev–Trinajstić information content (AvgIpc) is 3.10. The van der Waals surface area contributed by atoms with Crippen molar-refractivity contribution in [2.45, 2.75) is 6.92 Å². The third-order valence-electron chi connectivity index (χ3n) is 4.65. The minimum atomic E-state index is 1.06. The number of fused-ring (bicyclic) bond motifs is 4. The summed E-state index contributed by atoms with van der Waals surface area (Å²) in [6, 6.07) is 23.7. The molecule has 0 N–H and O–H groups in total. The molecular formula is C22H15NS. The van der Waals surface area contributed by atoms with Crippen molar-refractivity contribution < 1.29 is 0 Å². The van der Waals surface area contributed by atoms with Crippen LogP contribution < -0.4 is 0 Å². The van der Waals surface area contributed by atoms with Crippen LogP contribution in [0.5, 0.6) is 0 Å². The lowest BCUT2D eigenvalue weighted by Gasteiger charge is -2.11. The van der Waals surface area contributed by atoms with Gasteiger partial charge in [0, 0.05) is 21.0 Å². The minimum Gasteiger partial charge on any atom is -0.247 e. The second-order valence-corrected chi connectivity index (χ2v) is 7.07. The van der Waals surface area contributed by atoms with Crippen LogP contribution in [-0.2, 0) is 0 Å². The maximum atomic E-state index is 5.02. The predicted molar refractivity (Wildman–Crippen MR) is 105 cm³/mol. The molecule has 0 radical (unpaired) electrons. The monoisotopic (exact) mass is 325 g/mol. The quantitative estimate of drug-likeness (QED) is 0.339. The molecule has 2 heterocycles. The lowest BCUT2D eigenvalue weighted by molar-refractivity contribution is 1.40. The second-order valence-electron chi connectivity index (χ2n) is 6.16. The molecule has 5 aromatic rings. The van der Waals surface area contributed by atoms with E-state index in [4.69, 9.17) is 4.98 Å². The van der Waals surface area contributed by atoms with Crippen LogP contribution in [-0.4, -0.2) is 4.98 Å². The Kier molecular flexibility index (Phi) is 2.94. The molecular weight excluding hydrogens is 310 g/mol. The summed E-state index contributed by atoms with van der Waals surface area (Å²) < 4.78 is 1.32. The number of pyridine rings is 1. The van der Waals surface area contributed by atoms with Crippen LogP contribution in [0, 0.1) is 6.92 Å². The van der Waals surface area contributed by atoms with Crippen molar-refractivity contribution in [2.24, 2.45) is 0 Å². The zero-order valence-corrected chi connectivity index (χ0v) is 14.1. The molecule has 1 nitrogen and oxygen atoms in total. The molecule has 5 rings (SSSR count). The molecule has 0 saturated heterocycles. The maximum absolute atomic E-state index is 5.02. The maximum Gasteiger partial charge on any atom is 0.0799 e. The lowest BCUT2D eigenvalue weighted by atomic mass is 9.97. The van der Waals surface area contributed by atoms with Gasteiger partial charge in [0.05, 0.1) is 11.2 Å². The number of hydrogen-bond donors (Lipinski definition) is 0. The first-order valence-corrected chi connectivity index (χ1v) is 8.95. The Morgan fingerprint density at radius 2 is 1.54 bits per heavy atom. The molecule has 3 aromatic carbocycles. The standard InChI is InChI=1S/C22H15NS/c1-14-12-15-6-2-3-7-16(15)13-19(14)21-18-10-11-24-22(18)17-8-4-5-9-20(17)23-21/h2-13H,1H3. The van der Waals surface area contributed by atoms with E-state index in [1.54, 1.807) is 11.3 Å². The van der Waals surface area contributed by atoms with Crippen LogP contribution in [0.2, 0.25) is 0 Å². The molecule has 24 heavy (non-hydrogen) atoms. The number of benzene rings is 3. The van der Waals surface area contributed by atoms with Gasteiger partial charge in [-0.25, -0.2) is 4.98 Å². The van der Waals surface area contributed by atoms with Crippen molar-refractivity contribution in [3.05, 3.63) is 77.7 Å². The summed E-state index contributed by atoms with van der Waals surface area (Å²) in [6.07, 6.45) is 0. The molecule has 0 atom stereocenters. The summed E-state index contributed by atoms with van der Waals surface area (Å²) in [7, 11) is 0. The molecule has 0 bridgehead atoms. The Labute approximate surface area is 144 Å². The zero-order chi connectivity index (χ0) is 16.1. The first kappa shape index (κ1) is 13.7. The van der Waals surface area contributed by atoms with Gasteiger partial charge < -0.3 is 0 Å². The smallest absolute Gasteiger partial charge is 0.0799 e. The van der Waals surface area contributed by atoms with Gasteiger partial charge in [-0.2, -0.15) is 0 Å². The van der Waals surface area contributed by atoms with Gasteiger partial charge in [0.15, 0.2) is 0 Å². The molecule has 0 spiro atoms. The molecule has 0 saturated carbocycles. The van der Waals surface area contributed by atoms with E-state index >= 15 is 0 Å². The van der Waals surface area contributed by atoms with Gasteiger partial charge in [-0.15, -0.1) is 11.3 Å². The molecule has 0 aliphatic heterocycles. The number of thiophene rings is 1. The molecule has 0 aliphatic rings. The van der Waals surface area contributed by atoms with Crippen molar-refractivity contribution in [1.82, 2.24) is 4.98 Å². The van der Waals surface area contributed by atoms with E-state index < -0.39 is 0 Å². The van der Waals surface area contributed by atoms with E-state index in [0.717, 1.165) is 11.2 Å². The van der Waals surface area contributed by atoms with Crippen LogP contribution in [0.15, 0.2) is 72.1 Å². The fourth-order valence-electron chi connectivity index (χ4n) is 3.46.